The van der Waals surface area contributed by atoms with Crippen molar-refractivity contribution in [1.29, 1.82) is 0 Å². The monoisotopic (exact) mass is 916 g/mol. The van der Waals surface area contributed by atoms with Crippen molar-refractivity contribution in [3.8, 4) is 17.6 Å². The van der Waals surface area contributed by atoms with Crippen molar-refractivity contribution >= 4 is 52.7 Å². The maximum atomic E-state index is 13.4. The van der Waals surface area contributed by atoms with E-state index in [1.807, 2.05) is 25.1 Å². The molecule has 0 spiro atoms. The van der Waals surface area contributed by atoms with Crippen molar-refractivity contribution in [3.05, 3.63) is 64.8 Å². The summed E-state index contributed by atoms with van der Waals surface area (Å²) in [6, 6.07) is 10.3. The van der Waals surface area contributed by atoms with Gasteiger partial charge in [-0.2, -0.15) is 4.98 Å². The Bertz CT molecular complexity index is 2370. The normalized spacial score (nSPS) is 20.1. The molecule has 67 heavy (non-hydrogen) atoms. The van der Waals surface area contributed by atoms with Gasteiger partial charge in [0.1, 0.15) is 23.5 Å². The van der Waals surface area contributed by atoms with Gasteiger partial charge in [-0.25, -0.2) is 4.98 Å². The van der Waals surface area contributed by atoms with Crippen LogP contribution >= 0.6 is 0 Å². The van der Waals surface area contributed by atoms with Crippen molar-refractivity contribution in [2.45, 2.75) is 115 Å². The molecule has 2 aromatic carbocycles. The Morgan fingerprint density at radius 3 is 2.57 bits per heavy atom. The molecule has 17 heteroatoms. The van der Waals surface area contributed by atoms with Gasteiger partial charge in [0, 0.05) is 81.4 Å². The Kier molecular flexibility index (Phi) is 15.7. The molecule has 1 unspecified atom stereocenters. The minimum absolute atomic E-state index is 0.0719. The third-order valence-electron chi connectivity index (χ3n) is 13.7. The van der Waals surface area contributed by atoms with Crippen LogP contribution in [0.1, 0.15) is 116 Å². The van der Waals surface area contributed by atoms with Crippen molar-refractivity contribution < 1.29 is 33.4 Å². The highest BCUT2D eigenvalue weighted by Crippen LogP contribution is 2.40. The smallest absolute Gasteiger partial charge is 0.255 e. The average molecular weight is 917 g/mol. The van der Waals surface area contributed by atoms with Gasteiger partial charge in [0.2, 0.25) is 23.7 Å². The van der Waals surface area contributed by atoms with Crippen LogP contribution in [0.2, 0.25) is 0 Å². The van der Waals surface area contributed by atoms with E-state index in [-0.39, 0.29) is 48.2 Å². The number of benzene rings is 2. The van der Waals surface area contributed by atoms with E-state index in [2.05, 4.69) is 47.9 Å². The standard InChI is InChI=1S/C50H64N10O7/c1-4-40-49(65)57(2)42-31-52-50(56-45(42)60(40)36-14-7-8-15-36)54-39-18-17-34(30-43(39)66-3)46(62)53-35-21-25-58(26-22-35)27-29-67-28-11-24-51-23-9-5-6-12-33-13-10-16-37-38(33)32-59(48(37)64)41-19-20-44(61)55-47(41)63/h10,13,16-18,30-31,35-36,40-41,51H,4-5,7-9,11,14-15,19-29,32H2,1-3H3,(H,53,62)(H,52,54,56)(H,55,61,63)/t40-,41?/m1/s1. The summed E-state index contributed by atoms with van der Waals surface area (Å²) in [5.74, 6) is 7.17. The topological polar surface area (TPSA) is 191 Å². The highest BCUT2D eigenvalue weighted by atomic mass is 16.5. The van der Waals surface area contributed by atoms with Crippen LogP contribution in [-0.2, 0) is 25.7 Å². The predicted octanol–water partition coefficient (Wildman–Crippen LogP) is 4.52. The van der Waals surface area contributed by atoms with Gasteiger partial charge in [0.25, 0.3) is 11.8 Å². The number of piperidine rings is 2. The number of fused-ring (bicyclic) bond motifs is 2. The molecule has 1 aliphatic carbocycles. The minimum atomic E-state index is -0.638. The van der Waals surface area contributed by atoms with Crippen LogP contribution in [0.4, 0.5) is 23.1 Å². The van der Waals surface area contributed by atoms with Crippen LogP contribution in [0.3, 0.4) is 0 Å². The lowest BCUT2D eigenvalue weighted by atomic mass is 10.0. The highest BCUT2D eigenvalue weighted by molar-refractivity contribution is 6.06. The predicted molar refractivity (Wildman–Crippen MR) is 254 cm³/mol. The molecule has 0 bridgehead atoms. The highest BCUT2D eigenvalue weighted by Gasteiger charge is 2.42. The number of hydrogen-bond acceptors (Lipinski definition) is 13. The van der Waals surface area contributed by atoms with Gasteiger partial charge in [0.05, 0.1) is 25.6 Å². The molecule has 1 aromatic heterocycles. The molecule has 2 saturated heterocycles. The number of amides is 5. The van der Waals surface area contributed by atoms with Crippen molar-refractivity contribution in [2.24, 2.45) is 0 Å². The molecule has 3 aromatic rings. The number of carbonyl (C=O) groups excluding carboxylic acids is 5. The van der Waals surface area contributed by atoms with Crippen molar-refractivity contribution in [1.82, 2.24) is 35.7 Å². The summed E-state index contributed by atoms with van der Waals surface area (Å²) in [6.45, 7) is 8.05. The second-order valence-corrected chi connectivity index (χ2v) is 18.1. The van der Waals surface area contributed by atoms with E-state index in [0.29, 0.717) is 73.2 Å². The van der Waals surface area contributed by atoms with Gasteiger partial charge in [0.15, 0.2) is 5.82 Å². The molecule has 0 radical (unpaired) electrons. The molecule has 5 amide bonds. The number of likely N-dealkylation sites (N-methyl/N-ethyl adjacent to an activating group) is 1. The summed E-state index contributed by atoms with van der Waals surface area (Å²) < 4.78 is 11.7. The minimum Gasteiger partial charge on any atom is -0.495 e. The molecule has 5 heterocycles. The first-order valence-corrected chi connectivity index (χ1v) is 24.1. The molecule has 3 fully saturated rings. The number of nitrogens with one attached hydrogen (secondary N) is 4. The van der Waals surface area contributed by atoms with Crippen LogP contribution < -0.4 is 35.8 Å². The lowest BCUT2D eigenvalue weighted by molar-refractivity contribution is -0.137. The molecule has 2 atom stereocenters. The van der Waals surface area contributed by atoms with E-state index < -0.39 is 11.9 Å². The lowest BCUT2D eigenvalue weighted by Crippen LogP contribution is -2.55. The molecule has 356 valence electrons. The first kappa shape index (κ1) is 47.4. The van der Waals surface area contributed by atoms with Crippen molar-refractivity contribution in [3.63, 3.8) is 0 Å². The number of carbonyl (C=O) groups is 5. The fourth-order valence-corrected chi connectivity index (χ4v) is 9.95. The second-order valence-electron chi connectivity index (χ2n) is 18.1. The Morgan fingerprint density at radius 2 is 1.79 bits per heavy atom. The summed E-state index contributed by atoms with van der Waals surface area (Å²) in [6.07, 6.45) is 11.6. The van der Waals surface area contributed by atoms with E-state index in [0.717, 1.165) is 101 Å². The fourth-order valence-electron chi connectivity index (χ4n) is 9.95. The molecule has 17 nitrogen and oxygen atoms in total. The van der Waals surface area contributed by atoms with E-state index in [1.54, 1.807) is 48.4 Å². The van der Waals surface area contributed by atoms with Gasteiger partial charge in [-0.15, -0.1) is 0 Å². The molecule has 4 aliphatic heterocycles. The maximum Gasteiger partial charge on any atom is 0.255 e. The first-order chi connectivity index (χ1) is 32.6. The summed E-state index contributed by atoms with van der Waals surface area (Å²) in [7, 11) is 3.37. The number of aromatic nitrogens is 2. The van der Waals surface area contributed by atoms with Crippen LogP contribution in [0.5, 0.6) is 5.75 Å². The zero-order chi connectivity index (χ0) is 46.9. The Hall–Kier alpha value is -6.09. The van der Waals surface area contributed by atoms with E-state index in [9.17, 15) is 24.0 Å². The molecule has 1 saturated carbocycles. The number of unbranched alkanes of at least 4 members (excludes halogenated alkanes) is 1. The summed E-state index contributed by atoms with van der Waals surface area (Å²) in [4.78, 5) is 81.1. The number of likely N-dealkylation sites (tertiary alicyclic amines) is 1. The number of ether oxygens (including phenoxy) is 2. The van der Waals surface area contributed by atoms with Crippen LogP contribution in [0.15, 0.2) is 42.6 Å². The van der Waals surface area contributed by atoms with Crippen LogP contribution in [0, 0.1) is 11.8 Å². The molecule has 8 rings (SSSR count). The zero-order valence-electron chi connectivity index (χ0n) is 39.0. The third-order valence-corrected chi connectivity index (χ3v) is 13.7. The van der Waals surface area contributed by atoms with Crippen LogP contribution in [0.25, 0.3) is 0 Å². The first-order valence-electron chi connectivity index (χ1n) is 24.1. The maximum absolute atomic E-state index is 13.4. The number of nitrogens with zero attached hydrogens (tertiary/aromatic N) is 6. The summed E-state index contributed by atoms with van der Waals surface area (Å²) in [5, 5.41) is 12.3. The molecule has 4 N–H and O–H groups in total. The average Bonchev–Trinajstić information content (AvgIpc) is 3.99. The summed E-state index contributed by atoms with van der Waals surface area (Å²) in [5.41, 5.74) is 4.08. The van der Waals surface area contributed by atoms with E-state index >= 15 is 0 Å². The number of anilines is 4. The SMILES string of the molecule is CC[C@@H]1C(=O)N(C)c2cnc(Nc3ccc(C(=O)NC4CCN(CCOCCCNCCCC#Cc5cccc6c5CN(C5CCC(=O)NC5=O)C6=O)CC4)cc3OC)nc2N1C1CCCC1. The molecule has 5 aliphatic rings. The Labute approximate surface area is 393 Å². The Morgan fingerprint density at radius 1 is 0.985 bits per heavy atom. The quantitative estimate of drug-likeness (QED) is 0.0793. The van der Waals surface area contributed by atoms with Crippen molar-refractivity contribution in [2.75, 3.05) is 75.2 Å². The second kappa shape index (κ2) is 22.1. The number of hydrogen-bond donors (Lipinski definition) is 4. The van der Waals surface area contributed by atoms with Gasteiger partial charge in [-0.1, -0.05) is 37.7 Å². The van der Waals surface area contributed by atoms with E-state index in [4.69, 9.17) is 14.5 Å². The van der Waals surface area contributed by atoms with E-state index in [1.165, 1.54) is 0 Å². The molecular weight excluding hydrogens is 853 g/mol. The fraction of sp³-hybridized carbons (Fsp3) is 0.540. The number of methoxy groups -OCH3 is 1. The van der Waals surface area contributed by atoms with Gasteiger partial charge in [-0.05, 0) is 100 Å². The number of rotatable bonds is 18. The Balaban J connectivity index is 0.698. The molecular formula is C50H64N10O7. The zero-order valence-corrected chi connectivity index (χ0v) is 39.0. The number of imide groups is 1. The largest absolute Gasteiger partial charge is 0.495 e. The van der Waals surface area contributed by atoms with Crippen LogP contribution in [-0.4, -0.2) is 134 Å². The van der Waals surface area contributed by atoms with Gasteiger partial charge >= 0.3 is 0 Å². The lowest BCUT2D eigenvalue weighted by Gasteiger charge is -2.43. The third kappa shape index (κ3) is 11.0. The van der Waals surface area contributed by atoms with Gasteiger partial charge in [-0.3, -0.25) is 29.3 Å². The van der Waals surface area contributed by atoms with Gasteiger partial charge < -0.3 is 45.0 Å². The summed E-state index contributed by atoms with van der Waals surface area (Å²) >= 11 is 0.